The summed E-state index contributed by atoms with van der Waals surface area (Å²) in [5.74, 6) is 0. The number of aliphatic hydroxyl groups is 1. The average Bonchev–Trinajstić information content (AvgIpc) is 2.69. The highest BCUT2D eigenvalue weighted by atomic mass is 16.3. The lowest BCUT2D eigenvalue weighted by atomic mass is 9.89. The molecule has 1 N–H and O–H groups in total. The number of anilines is 1. The maximum absolute atomic E-state index is 9.83. The van der Waals surface area contributed by atoms with Crippen molar-refractivity contribution in [2.45, 2.75) is 63.1 Å². The Balaban J connectivity index is 1.39. The second-order valence-electron chi connectivity index (χ2n) is 8.37. The molecule has 1 aromatic heterocycles. The number of hydrogen-bond acceptors (Lipinski definition) is 4. The lowest BCUT2D eigenvalue weighted by Gasteiger charge is -2.46. The molecule has 1 aromatic carbocycles. The van der Waals surface area contributed by atoms with Crippen LogP contribution in [0.3, 0.4) is 0 Å². The van der Waals surface area contributed by atoms with Gasteiger partial charge in [-0.3, -0.25) is 9.88 Å². The number of hydrogen-bond donors (Lipinski definition) is 1. The largest absolute Gasteiger partial charge is 0.393 e. The number of piperidine rings is 1. The molecule has 1 atom stereocenters. The van der Waals surface area contributed by atoms with E-state index in [-0.39, 0.29) is 6.10 Å². The Morgan fingerprint density at radius 1 is 0.962 bits per heavy atom. The van der Waals surface area contributed by atoms with Crippen LogP contribution >= 0.6 is 0 Å². The van der Waals surface area contributed by atoms with Gasteiger partial charge in [0.25, 0.3) is 0 Å². The molecule has 5 rings (SSSR count). The monoisotopic (exact) mass is 351 g/mol. The van der Waals surface area contributed by atoms with E-state index in [9.17, 15) is 5.11 Å². The minimum atomic E-state index is -0.0587. The Hall–Kier alpha value is -1.65. The van der Waals surface area contributed by atoms with Crippen molar-refractivity contribution in [3.05, 3.63) is 36.2 Å². The number of nitrogens with zero attached hydrogens (tertiary/aromatic N) is 3. The van der Waals surface area contributed by atoms with Gasteiger partial charge in [-0.2, -0.15) is 0 Å². The highest BCUT2D eigenvalue weighted by Crippen LogP contribution is 2.36. The Labute approximate surface area is 155 Å². The van der Waals surface area contributed by atoms with Crippen LogP contribution in [0.5, 0.6) is 0 Å². The van der Waals surface area contributed by atoms with E-state index in [1.165, 1.54) is 48.0 Å². The number of pyridine rings is 1. The van der Waals surface area contributed by atoms with Gasteiger partial charge < -0.3 is 10.0 Å². The van der Waals surface area contributed by atoms with Crippen LogP contribution in [0.1, 0.15) is 44.1 Å². The first-order valence-corrected chi connectivity index (χ1v) is 10.3. The zero-order chi connectivity index (χ0) is 17.5. The van der Waals surface area contributed by atoms with E-state index in [0.29, 0.717) is 12.1 Å². The Morgan fingerprint density at radius 3 is 2.73 bits per heavy atom. The molecule has 3 aliphatic rings. The van der Waals surface area contributed by atoms with Crippen LogP contribution in [0.25, 0.3) is 10.8 Å². The third-order valence-electron chi connectivity index (χ3n) is 6.82. The van der Waals surface area contributed by atoms with Gasteiger partial charge in [0.15, 0.2) is 0 Å². The van der Waals surface area contributed by atoms with Crippen LogP contribution in [-0.4, -0.2) is 52.8 Å². The van der Waals surface area contributed by atoms with Crippen LogP contribution in [0, 0.1) is 0 Å². The summed E-state index contributed by atoms with van der Waals surface area (Å²) in [6.07, 6.45) is 12.0. The predicted octanol–water partition coefficient (Wildman–Crippen LogP) is 3.37. The highest BCUT2D eigenvalue weighted by molar-refractivity contribution is 5.97. The smallest absolute Gasteiger partial charge is 0.0541 e. The lowest BCUT2D eigenvalue weighted by molar-refractivity contribution is 0.0601. The van der Waals surface area contributed by atoms with Gasteiger partial charge in [-0.05, 0) is 63.1 Å². The summed E-state index contributed by atoms with van der Waals surface area (Å²) in [5, 5.41) is 12.5. The second-order valence-corrected chi connectivity index (χ2v) is 8.37. The van der Waals surface area contributed by atoms with Gasteiger partial charge in [0, 0.05) is 54.0 Å². The number of aliphatic hydroxyl groups excluding tert-OH is 1. The summed E-state index contributed by atoms with van der Waals surface area (Å²) in [7, 11) is 0. The second kappa shape index (κ2) is 6.82. The van der Waals surface area contributed by atoms with Crippen molar-refractivity contribution in [1.29, 1.82) is 0 Å². The van der Waals surface area contributed by atoms with Crippen molar-refractivity contribution in [2.75, 3.05) is 24.5 Å². The number of rotatable bonds is 2. The molecule has 1 saturated heterocycles. The van der Waals surface area contributed by atoms with Crippen molar-refractivity contribution in [3.63, 3.8) is 0 Å². The first-order chi connectivity index (χ1) is 12.8. The molecule has 0 radical (unpaired) electrons. The summed E-state index contributed by atoms with van der Waals surface area (Å²) < 4.78 is 0. The van der Waals surface area contributed by atoms with Gasteiger partial charge in [-0.25, -0.2) is 0 Å². The van der Waals surface area contributed by atoms with Gasteiger partial charge in [0.2, 0.25) is 0 Å². The molecule has 26 heavy (non-hydrogen) atoms. The average molecular weight is 351 g/mol. The molecule has 1 aliphatic carbocycles. The lowest BCUT2D eigenvalue weighted by Crippen LogP contribution is -2.53. The highest BCUT2D eigenvalue weighted by Gasteiger charge is 2.33. The number of likely N-dealkylation sites (tertiary alicyclic amines) is 1. The van der Waals surface area contributed by atoms with Gasteiger partial charge in [-0.15, -0.1) is 0 Å². The van der Waals surface area contributed by atoms with Gasteiger partial charge >= 0.3 is 0 Å². The molecule has 0 bridgehead atoms. The molecule has 0 spiro atoms. The molecular formula is C22H29N3O. The minimum absolute atomic E-state index is 0.0587. The van der Waals surface area contributed by atoms with Crippen molar-refractivity contribution in [2.24, 2.45) is 0 Å². The first-order valence-electron chi connectivity index (χ1n) is 10.3. The summed E-state index contributed by atoms with van der Waals surface area (Å²) >= 11 is 0. The molecule has 0 amide bonds. The number of aromatic nitrogens is 1. The van der Waals surface area contributed by atoms with E-state index < -0.39 is 0 Å². The first kappa shape index (κ1) is 16.5. The SMILES string of the molecule is OC1CCC(N2CCCC(N3CCc4cncc5cccc3c45)C2)CC1. The topological polar surface area (TPSA) is 39.6 Å². The third-order valence-corrected chi connectivity index (χ3v) is 6.82. The van der Waals surface area contributed by atoms with Crippen LogP contribution < -0.4 is 4.90 Å². The molecule has 1 unspecified atom stereocenters. The zero-order valence-corrected chi connectivity index (χ0v) is 15.5. The molecule has 2 aromatic rings. The van der Waals surface area contributed by atoms with Crippen LogP contribution in [-0.2, 0) is 6.42 Å². The molecule has 2 fully saturated rings. The number of benzene rings is 1. The fourth-order valence-electron chi connectivity index (χ4n) is 5.45. The van der Waals surface area contributed by atoms with E-state index in [4.69, 9.17) is 0 Å². The quantitative estimate of drug-likeness (QED) is 0.900. The molecule has 2 aliphatic heterocycles. The van der Waals surface area contributed by atoms with E-state index in [2.05, 4.69) is 39.2 Å². The van der Waals surface area contributed by atoms with Gasteiger partial charge in [-0.1, -0.05) is 12.1 Å². The van der Waals surface area contributed by atoms with Crippen LogP contribution in [0.15, 0.2) is 30.6 Å². The summed E-state index contributed by atoms with van der Waals surface area (Å²) in [6, 6.07) is 7.98. The van der Waals surface area contributed by atoms with E-state index in [1.54, 1.807) is 0 Å². The van der Waals surface area contributed by atoms with Crippen molar-refractivity contribution in [1.82, 2.24) is 9.88 Å². The van der Waals surface area contributed by atoms with Crippen LogP contribution in [0.2, 0.25) is 0 Å². The Morgan fingerprint density at radius 2 is 1.85 bits per heavy atom. The molecular weight excluding hydrogens is 322 g/mol. The normalized spacial score (nSPS) is 29.9. The molecule has 3 heterocycles. The van der Waals surface area contributed by atoms with E-state index in [0.717, 1.165) is 38.6 Å². The van der Waals surface area contributed by atoms with Gasteiger partial charge in [0.1, 0.15) is 0 Å². The molecule has 1 saturated carbocycles. The molecule has 4 heteroatoms. The maximum Gasteiger partial charge on any atom is 0.0541 e. The third kappa shape index (κ3) is 2.89. The summed E-state index contributed by atoms with van der Waals surface area (Å²) in [6.45, 7) is 3.52. The molecule has 138 valence electrons. The zero-order valence-electron chi connectivity index (χ0n) is 15.5. The standard InChI is InChI=1S/C22H29N3O/c26-20-8-6-18(7-9-20)24-11-2-4-19(15-24)25-12-10-17-14-23-13-16-3-1-5-21(25)22(16)17/h1,3,5,13-14,18-20,26H,2,4,6-12,15H2. The van der Waals surface area contributed by atoms with Crippen LogP contribution in [0.4, 0.5) is 5.69 Å². The van der Waals surface area contributed by atoms with Crippen molar-refractivity contribution < 1.29 is 5.11 Å². The summed E-state index contributed by atoms with van der Waals surface area (Å²) in [5.41, 5.74) is 2.82. The molecule has 4 nitrogen and oxygen atoms in total. The maximum atomic E-state index is 9.83. The fourth-order valence-corrected chi connectivity index (χ4v) is 5.45. The Kier molecular flexibility index (Phi) is 4.33. The van der Waals surface area contributed by atoms with Crippen molar-refractivity contribution >= 4 is 16.5 Å². The predicted molar refractivity (Wildman–Crippen MR) is 106 cm³/mol. The Bertz CT molecular complexity index is 779. The van der Waals surface area contributed by atoms with Gasteiger partial charge in [0.05, 0.1) is 6.10 Å². The minimum Gasteiger partial charge on any atom is -0.393 e. The summed E-state index contributed by atoms with van der Waals surface area (Å²) in [4.78, 5) is 9.83. The van der Waals surface area contributed by atoms with E-state index >= 15 is 0 Å². The van der Waals surface area contributed by atoms with E-state index in [1.807, 2.05) is 6.20 Å². The fraction of sp³-hybridized carbons (Fsp3) is 0.591. The van der Waals surface area contributed by atoms with Crippen molar-refractivity contribution in [3.8, 4) is 0 Å².